The van der Waals surface area contributed by atoms with Crippen molar-refractivity contribution in [3.63, 3.8) is 0 Å². The highest BCUT2D eigenvalue weighted by Crippen LogP contribution is 2.49. The monoisotopic (exact) mass is 735 g/mol. The van der Waals surface area contributed by atoms with Crippen molar-refractivity contribution >= 4 is 28.0 Å². The molecule has 1 aliphatic carbocycles. The highest BCUT2D eigenvalue weighted by molar-refractivity contribution is 6.19. The van der Waals surface area contributed by atoms with Crippen LogP contribution in [0.15, 0.2) is 162 Å². The molecule has 5 heteroatoms. The normalized spacial score (nSPS) is 12.2. The summed E-state index contributed by atoms with van der Waals surface area (Å²) >= 11 is 0. The molecule has 0 amide bonds. The van der Waals surface area contributed by atoms with Crippen LogP contribution in [0, 0.1) is 27.7 Å². The maximum Gasteiger partial charge on any atom is 0.164 e. The lowest BCUT2D eigenvalue weighted by Crippen LogP contribution is -2.04. The first-order valence-corrected chi connectivity index (χ1v) is 19.3. The molecule has 7 aromatic carbocycles. The molecule has 0 atom stereocenters. The first kappa shape index (κ1) is 35.6. The van der Waals surface area contributed by atoms with Gasteiger partial charge in [-0.15, -0.1) is 0 Å². The maximum atomic E-state index is 5.10. The lowest BCUT2D eigenvalue weighted by Gasteiger charge is -2.12. The Bertz CT molecular complexity index is 2850. The topological polar surface area (TPSA) is 63.4 Å². The number of aliphatic imine (C=N–C) groups is 2. The van der Waals surface area contributed by atoms with E-state index in [0.29, 0.717) is 29.0 Å². The van der Waals surface area contributed by atoms with E-state index in [4.69, 9.17) is 24.9 Å². The van der Waals surface area contributed by atoms with E-state index in [2.05, 4.69) is 180 Å². The van der Waals surface area contributed by atoms with Crippen LogP contribution in [0.2, 0.25) is 0 Å². The molecule has 9 rings (SSSR count). The third-order valence-electron chi connectivity index (χ3n) is 10.8. The van der Waals surface area contributed by atoms with Crippen molar-refractivity contribution in [1.29, 1.82) is 0 Å². The Hall–Kier alpha value is -7.11. The molecule has 0 saturated heterocycles. The van der Waals surface area contributed by atoms with Crippen LogP contribution in [0.3, 0.4) is 0 Å². The van der Waals surface area contributed by atoms with Crippen molar-refractivity contribution in [2.45, 2.75) is 34.6 Å². The minimum absolute atomic E-state index is 0.626. The zero-order chi connectivity index (χ0) is 39.2. The van der Waals surface area contributed by atoms with Crippen LogP contribution in [0.25, 0.3) is 72.9 Å². The predicted octanol–water partition coefficient (Wildman–Crippen LogP) is 12.8. The highest BCUT2D eigenvalue weighted by atomic mass is 15.0. The van der Waals surface area contributed by atoms with E-state index >= 15 is 0 Å². The zero-order valence-corrected chi connectivity index (χ0v) is 32.8. The number of hydrogen-bond acceptors (Lipinski definition) is 4. The molecule has 0 aliphatic heterocycles. The molecule has 0 saturated carbocycles. The Morgan fingerprint density at radius 2 is 0.912 bits per heavy atom. The summed E-state index contributed by atoms with van der Waals surface area (Å²) in [5.74, 6) is 2.56. The molecule has 57 heavy (non-hydrogen) atoms. The number of benzene rings is 7. The highest BCUT2D eigenvalue weighted by Gasteiger charge is 2.25. The Balaban J connectivity index is 1.13. The molecule has 1 aliphatic rings. The predicted molar refractivity (Wildman–Crippen MR) is 238 cm³/mol. The standard InChI is InChI=1S/C52H41N5/c1-31-10-18-37(19-11-31)35(5)53-49(38-20-12-32(2)13-21-38)54-36(6)41-26-27-42-45-28-29-46(43-8-7-9-44(48(43)45)47(42)30-41)52-56-50(39-22-14-33(3)15-23-39)55-51(57-52)40-24-16-34(4)17-25-40/h7-30H,6H2,1-5H3. The van der Waals surface area contributed by atoms with Crippen LogP contribution in [0.4, 0.5) is 0 Å². The SMILES string of the molecule is C=C(N=C(N=C(C)c1ccc(C)cc1)c1ccc(C)cc1)c1ccc2c(c1)-c1cccc3c(-c4nc(-c5ccc(C)cc5)nc(-c5ccc(C)cc5)n4)ccc-2c13. The molecule has 0 bridgehead atoms. The molecule has 0 fully saturated rings. The van der Waals surface area contributed by atoms with Crippen molar-refractivity contribution in [3.05, 3.63) is 191 Å². The number of rotatable bonds is 7. The number of fused-ring (bicyclic) bond motifs is 3. The Kier molecular flexibility index (Phi) is 9.06. The summed E-state index contributed by atoms with van der Waals surface area (Å²) in [7, 11) is 0. The summed E-state index contributed by atoms with van der Waals surface area (Å²) in [6.07, 6.45) is 0. The molecule has 1 heterocycles. The molecule has 0 radical (unpaired) electrons. The lowest BCUT2D eigenvalue weighted by molar-refractivity contribution is 1.08. The van der Waals surface area contributed by atoms with Gasteiger partial charge in [0, 0.05) is 33.5 Å². The first-order chi connectivity index (χ1) is 27.7. The molecule has 5 nitrogen and oxygen atoms in total. The molecule has 8 aromatic rings. The molecule has 1 aromatic heterocycles. The van der Waals surface area contributed by atoms with Crippen molar-refractivity contribution in [2.24, 2.45) is 9.98 Å². The average Bonchev–Trinajstić information content (AvgIpc) is 3.55. The fourth-order valence-electron chi connectivity index (χ4n) is 7.46. The van der Waals surface area contributed by atoms with Crippen LogP contribution >= 0.6 is 0 Å². The fraction of sp³-hybridized carbons (Fsp3) is 0.0962. The lowest BCUT2D eigenvalue weighted by atomic mass is 9.98. The van der Waals surface area contributed by atoms with Crippen LogP contribution in [-0.4, -0.2) is 26.5 Å². The number of aryl methyl sites for hydroxylation is 4. The summed E-state index contributed by atoms with van der Waals surface area (Å²) in [6.45, 7) is 14.9. The molecular weight excluding hydrogens is 695 g/mol. The van der Waals surface area contributed by atoms with Gasteiger partial charge in [-0.3, -0.25) is 0 Å². The first-order valence-electron chi connectivity index (χ1n) is 19.3. The van der Waals surface area contributed by atoms with Crippen LogP contribution < -0.4 is 0 Å². The van der Waals surface area contributed by atoms with Crippen molar-refractivity contribution in [3.8, 4) is 56.4 Å². The zero-order valence-electron chi connectivity index (χ0n) is 32.8. The van der Waals surface area contributed by atoms with Crippen LogP contribution in [0.5, 0.6) is 0 Å². The number of amidine groups is 1. The van der Waals surface area contributed by atoms with Gasteiger partial charge < -0.3 is 0 Å². The fourth-order valence-corrected chi connectivity index (χ4v) is 7.46. The van der Waals surface area contributed by atoms with Gasteiger partial charge in [-0.25, -0.2) is 24.9 Å². The Morgan fingerprint density at radius 1 is 0.439 bits per heavy atom. The van der Waals surface area contributed by atoms with Gasteiger partial charge in [-0.1, -0.05) is 162 Å². The Labute approximate surface area is 333 Å². The molecular formula is C52H41N5. The van der Waals surface area contributed by atoms with Gasteiger partial charge in [0.1, 0.15) is 0 Å². The van der Waals surface area contributed by atoms with Gasteiger partial charge >= 0.3 is 0 Å². The number of nitrogens with zero attached hydrogens (tertiary/aromatic N) is 5. The second-order valence-corrected chi connectivity index (χ2v) is 15.0. The molecule has 274 valence electrons. The van der Waals surface area contributed by atoms with E-state index in [1.807, 2.05) is 6.92 Å². The van der Waals surface area contributed by atoms with E-state index < -0.39 is 0 Å². The second-order valence-electron chi connectivity index (χ2n) is 15.0. The number of hydrogen-bond donors (Lipinski definition) is 0. The molecule has 0 N–H and O–H groups in total. The Morgan fingerprint density at radius 3 is 1.51 bits per heavy atom. The minimum Gasteiger partial charge on any atom is -0.233 e. The van der Waals surface area contributed by atoms with E-state index in [9.17, 15) is 0 Å². The third kappa shape index (κ3) is 6.89. The maximum absolute atomic E-state index is 5.10. The van der Waals surface area contributed by atoms with Gasteiger partial charge in [-0.05, 0) is 85.3 Å². The van der Waals surface area contributed by atoms with E-state index in [-0.39, 0.29) is 0 Å². The van der Waals surface area contributed by atoms with Crippen molar-refractivity contribution in [1.82, 2.24) is 15.0 Å². The van der Waals surface area contributed by atoms with Crippen molar-refractivity contribution in [2.75, 3.05) is 0 Å². The summed E-state index contributed by atoms with van der Waals surface area (Å²) < 4.78 is 0. The van der Waals surface area contributed by atoms with Crippen LogP contribution in [0.1, 0.15) is 45.9 Å². The van der Waals surface area contributed by atoms with Gasteiger partial charge in [-0.2, -0.15) is 0 Å². The summed E-state index contributed by atoms with van der Waals surface area (Å²) in [6, 6.07) is 50.8. The summed E-state index contributed by atoms with van der Waals surface area (Å²) in [5, 5.41) is 2.28. The van der Waals surface area contributed by atoms with E-state index in [0.717, 1.165) is 55.6 Å². The van der Waals surface area contributed by atoms with E-state index in [1.54, 1.807) is 0 Å². The van der Waals surface area contributed by atoms with Gasteiger partial charge in [0.25, 0.3) is 0 Å². The minimum atomic E-state index is 0.626. The smallest absolute Gasteiger partial charge is 0.164 e. The van der Waals surface area contributed by atoms with E-state index in [1.165, 1.54) is 38.8 Å². The summed E-state index contributed by atoms with van der Waals surface area (Å²) in [4.78, 5) is 25.3. The largest absolute Gasteiger partial charge is 0.233 e. The average molecular weight is 736 g/mol. The molecule has 0 unspecified atom stereocenters. The van der Waals surface area contributed by atoms with Gasteiger partial charge in [0.2, 0.25) is 0 Å². The third-order valence-corrected chi connectivity index (χ3v) is 10.8. The summed E-state index contributed by atoms with van der Waals surface area (Å²) in [5.41, 5.74) is 16.8. The van der Waals surface area contributed by atoms with Crippen molar-refractivity contribution < 1.29 is 0 Å². The number of aromatic nitrogens is 3. The second kappa shape index (κ2) is 14.5. The quantitative estimate of drug-likeness (QED) is 0.121. The van der Waals surface area contributed by atoms with Crippen LogP contribution in [-0.2, 0) is 0 Å². The van der Waals surface area contributed by atoms with Gasteiger partial charge in [0.15, 0.2) is 23.3 Å². The molecule has 0 spiro atoms. The van der Waals surface area contributed by atoms with Gasteiger partial charge in [0.05, 0.1) is 5.70 Å².